The number of aryl methyl sites for hydroxylation is 3. The van der Waals surface area contributed by atoms with Crippen LogP contribution in [0.1, 0.15) is 23.1 Å². The van der Waals surface area contributed by atoms with Crippen molar-refractivity contribution in [3.05, 3.63) is 99.3 Å². The SMILES string of the molecule is COc1ccc(-c2cc(-c3ccc(O)c(C)c3)cc(-c3ccc(OC4O[C@H](CO)CC(N=O)[C@@H]4N=O)c(C)c3)c2)cc1C. The third kappa shape index (κ3) is 6.28. The van der Waals surface area contributed by atoms with E-state index in [9.17, 15) is 20.0 Å². The van der Waals surface area contributed by atoms with Crippen LogP contribution in [0.2, 0.25) is 0 Å². The Labute approximate surface area is 250 Å². The van der Waals surface area contributed by atoms with E-state index in [0.29, 0.717) is 5.75 Å². The Morgan fingerprint density at radius 3 is 1.74 bits per heavy atom. The smallest absolute Gasteiger partial charge is 0.228 e. The fourth-order valence-corrected chi connectivity index (χ4v) is 5.46. The summed E-state index contributed by atoms with van der Waals surface area (Å²) in [7, 11) is 1.65. The predicted molar refractivity (Wildman–Crippen MR) is 165 cm³/mol. The van der Waals surface area contributed by atoms with Gasteiger partial charge in [-0.1, -0.05) is 28.6 Å². The van der Waals surface area contributed by atoms with Crippen LogP contribution in [0.3, 0.4) is 0 Å². The molecule has 0 spiro atoms. The zero-order valence-electron chi connectivity index (χ0n) is 24.5. The summed E-state index contributed by atoms with van der Waals surface area (Å²) >= 11 is 0. The first-order valence-electron chi connectivity index (χ1n) is 14.0. The Hall–Kier alpha value is -4.60. The standard InChI is InChI=1S/C34H34N2O7/c1-19-11-22(5-8-30(19)38)25-14-26(23-6-9-31(41-4)20(2)12-23)16-27(15-25)24-7-10-32(21(3)13-24)43-34-33(36-40)29(35-39)17-28(18-37)42-34/h5-16,28-29,33-34,37-38H,17-18H2,1-4H3/t28-,29?,33-,34?/m0/s1. The summed E-state index contributed by atoms with van der Waals surface area (Å²) < 4.78 is 17.2. The molecule has 0 saturated carbocycles. The maximum Gasteiger partial charge on any atom is 0.228 e. The van der Waals surface area contributed by atoms with Gasteiger partial charge in [-0.05, 0) is 125 Å². The average molecular weight is 583 g/mol. The average Bonchev–Trinajstić information content (AvgIpc) is 3.02. The summed E-state index contributed by atoms with van der Waals surface area (Å²) in [6.07, 6.45) is -1.74. The number of phenols is 1. The van der Waals surface area contributed by atoms with Gasteiger partial charge in [0.15, 0.2) is 6.04 Å². The highest BCUT2D eigenvalue weighted by molar-refractivity contribution is 5.82. The van der Waals surface area contributed by atoms with Gasteiger partial charge in [-0.2, -0.15) is 9.81 Å². The zero-order chi connectivity index (χ0) is 30.7. The number of ether oxygens (including phenoxy) is 3. The Bertz CT molecular complexity index is 1650. The molecule has 1 heterocycles. The molecule has 9 heteroatoms. The molecule has 1 aliphatic rings. The van der Waals surface area contributed by atoms with Gasteiger partial charge in [-0.15, -0.1) is 0 Å². The van der Waals surface area contributed by atoms with E-state index in [2.05, 4.69) is 34.6 Å². The number of methoxy groups -OCH3 is 1. The molecule has 4 aromatic carbocycles. The van der Waals surface area contributed by atoms with Crippen LogP contribution >= 0.6 is 0 Å². The van der Waals surface area contributed by atoms with E-state index < -0.39 is 24.5 Å². The molecule has 0 radical (unpaired) electrons. The molecule has 4 atom stereocenters. The lowest BCUT2D eigenvalue weighted by Gasteiger charge is -2.35. The molecule has 1 aliphatic heterocycles. The molecular formula is C34H34N2O7. The van der Waals surface area contributed by atoms with Crippen LogP contribution in [0.25, 0.3) is 33.4 Å². The minimum atomic E-state index is -1.15. The summed E-state index contributed by atoms with van der Waals surface area (Å²) in [6.45, 7) is 5.43. The van der Waals surface area contributed by atoms with Crippen molar-refractivity contribution in [2.45, 2.75) is 51.7 Å². The van der Waals surface area contributed by atoms with Gasteiger partial charge in [0, 0.05) is 6.42 Å². The molecule has 0 aliphatic carbocycles. The molecule has 2 unspecified atom stereocenters. The molecule has 1 saturated heterocycles. The third-order valence-corrected chi connectivity index (χ3v) is 7.91. The molecule has 1 fully saturated rings. The lowest BCUT2D eigenvalue weighted by atomic mass is 9.92. The number of aromatic hydroxyl groups is 1. The van der Waals surface area contributed by atoms with Gasteiger partial charge in [0.2, 0.25) is 6.29 Å². The molecular weight excluding hydrogens is 548 g/mol. The zero-order valence-corrected chi connectivity index (χ0v) is 24.5. The predicted octanol–water partition coefficient (Wildman–Crippen LogP) is 7.08. The van der Waals surface area contributed by atoms with E-state index >= 15 is 0 Å². The summed E-state index contributed by atoms with van der Waals surface area (Å²) in [6, 6.07) is 21.6. The maximum atomic E-state index is 11.6. The van der Waals surface area contributed by atoms with Gasteiger partial charge in [-0.25, -0.2) is 0 Å². The second-order valence-electron chi connectivity index (χ2n) is 10.9. The quantitative estimate of drug-likeness (QED) is 0.202. The van der Waals surface area contributed by atoms with Gasteiger partial charge < -0.3 is 24.4 Å². The van der Waals surface area contributed by atoms with Crippen molar-refractivity contribution in [1.82, 2.24) is 0 Å². The molecule has 5 rings (SSSR count). The van der Waals surface area contributed by atoms with Crippen molar-refractivity contribution in [2.24, 2.45) is 10.4 Å². The highest BCUT2D eigenvalue weighted by Crippen LogP contribution is 2.37. The number of rotatable bonds is 9. The first-order valence-corrected chi connectivity index (χ1v) is 14.0. The monoisotopic (exact) mass is 582 g/mol. The van der Waals surface area contributed by atoms with Crippen LogP contribution in [-0.4, -0.2) is 48.4 Å². The second kappa shape index (κ2) is 12.7. The van der Waals surface area contributed by atoms with Crippen molar-refractivity contribution < 1.29 is 24.4 Å². The summed E-state index contributed by atoms with van der Waals surface area (Å²) in [5.74, 6) is 1.52. The Morgan fingerprint density at radius 1 is 0.744 bits per heavy atom. The van der Waals surface area contributed by atoms with E-state index in [4.69, 9.17) is 14.2 Å². The van der Waals surface area contributed by atoms with E-state index in [-0.39, 0.29) is 18.8 Å². The molecule has 9 nitrogen and oxygen atoms in total. The van der Waals surface area contributed by atoms with Crippen LogP contribution in [0.5, 0.6) is 17.2 Å². The normalized spacial score (nSPS) is 19.9. The molecule has 0 amide bonds. The van der Waals surface area contributed by atoms with E-state index in [1.807, 2.05) is 57.2 Å². The van der Waals surface area contributed by atoms with Crippen LogP contribution in [0.15, 0.2) is 83.2 Å². The van der Waals surface area contributed by atoms with E-state index in [0.717, 1.165) is 55.8 Å². The first kappa shape index (κ1) is 29.9. The Balaban J connectivity index is 1.54. The number of phenolic OH excluding ortho intramolecular Hbond substituents is 1. The van der Waals surface area contributed by atoms with Crippen molar-refractivity contribution in [3.63, 3.8) is 0 Å². The Morgan fingerprint density at radius 2 is 1.28 bits per heavy atom. The minimum absolute atomic E-state index is 0.0983. The second-order valence-corrected chi connectivity index (χ2v) is 10.9. The first-order chi connectivity index (χ1) is 20.7. The van der Waals surface area contributed by atoms with Crippen molar-refractivity contribution in [3.8, 4) is 50.6 Å². The van der Waals surface area contributed by atoms with Crippen LogP contribution in [0, 0.1) is 30.6 Å². The largest absolute Gasteiger partial charge is 0.508 e. The molecule has 43 heavy (non-hydrogen) atoms. The number of hydrogen-bond acceptors (Lipinski definition) is 9. The number of benzene rings is 4. The van der Waals surface area contributed by atoms with Gasteiger partial charge >= 0.3 is 0 Å². The fourth-order valence-electron chi connectivity index (χ4n) is 5.46. The van der Waals surface area contributed by atoms with Crippen LogP contribution < -0.4 is 9.47 Å². The lowest BCUT2D eigenvalue weighted by molar-refractivity contribution is -0.171. The van der Waals surface area contributed by atoms with Crippen molar-refractivity contribution >= 4 is 0 Å². The number of nitroso groups, excluding NO2 is 2. The summed E-state index contributed by atoms with van der Waals surface area (Å²) in [5, 5.41) is 25.8. The molecule has 4 aromatic rings. The number of aliphatic hydroxyl groups excluding tert-OH is 1. The highest BCUT2D eigenvalue weighted by atomic mass is 16.7. The number of aliphatic hydroxyl groups is 1. The molecule has 0 bridgehead atoms. The van der Waals surface area contributed by atoms with Crippen molar-refractivity contribution in [1.29, 1.82) is 0 Å². The maximum absolute atomic E-state index is 11.6. The number of hydrogen-bond donors (Lipinski definition) is 2. The summed E-state index contributed by atoms with van der Waals surface area (Å²) in [4.78, 5) is 22.9. The fraction of sp³-hybridized carbons (Fsp3) is 0.294. The molecule has 2 N–H and O–H groups in total. The van der Waals surface area contributed by atoms with Crippen LogP contribution in [0.4, 0.5) is 0 Å². The summed E-state index contributed by atoms with van der Waals surface area (Å²) in [5.41, 5.74) is 8.49. The van der Waals surface area contributed by atoms with Gasteiger partial charge in [-0.3, -0.25) is 0 Å². The topological polar surface area (TPSA) is 127 Å². The number of nitrogens with zero attached hydrogens (tertiary/aromatic N) is 2. The van der Waals surface area contributed by atoms with Gasteiger partial charge in [0.1, 0.15) is 23.3 Å². The highest BCUT2D eigenvalue weighted by Gasteiger charge is 2.42. The van der Waals surface area contributed by atoms with E-state index in [1.54, 1.807) is 19.2 Å². The molecule has 0 aromatic heterocycles. The van der Waals surface area contributed by atoms with Crippen LogP contribution in [-0.2, 0) is 4.74 Å². The van der Waals surface area contributed by atoms with E-state index in [1.165, 1.54) is 0 Å². The van der Waals surface area contributed by atoms with Gasteiger partial charge in [0.05, 0.1) is 19.8 Å². The third-order valence-electron chi connectivity index (χ3n) is 7.91. The minimum Gasteiger partial charge on any atom is -0.508 e. The molecule has 222 valence electrons. The lowest BCUT2D eigenvalue weighted by Crippen LogP contribution is -2.50. The Kier molecular flexibility index (Phi) is 8.84. The van der Waals surface area contributed by atoms with Crippen molar-refractivity contribution in [2.75, 3.05) is 13.7 Å². The van der Waals surface area contributed by atoms with Gasteiger partial charge in [0.25, 0.3) is 0 Å².